The van der Waals surface area contributed by atoms with Crippen molar-refractivity contribution in [2.75, 3.05) is 13.2 Å². The molecular formula is C15H13ClN2O4. The van der Waals surface area contributed by atoms with E-state index in [1.165, 1.54) is 12.3 Å². The van der Waals surface area contributed by atoms with Gasteiger partial charge in [0, 0.05) is 12.7 Å². The van der Waals surface area contributed by atoms with Crippen molar-refractivity contribution in [3.8, 4) is 11.5 Å². The molecule has 3 rings (SSSR count). The highest BCUT2D eigenvalue weighted by Gasteiger charge is 2.17. The van der Waals surface area contributed by atoms with Gasteiger partial charge in [-0.2, -0.15) is 0 Å². The monoisotopic (exact) mass is 320 g/mol. The van der Waals surface area contributed by atoms with E-state index in [1.54, 1.807) is 18.2 Å². The van der Waals surface area contributed by atoms with E-state index >= 15 is 0 Å². The van der Waals surface area contributed by atoms with Gasteiger partial charge in [0.2, 0.25) is 0 Å². The Labute approximate surface area is 131 Å². The van der Waals surface area contributed by atoms with E-state index in [2.05, 4.69) is 10.3 Å². The predicted molar refractivity (Wildman–Crippen MR) is 80.7 cm³/mol. The molecular weight excluding hydrogens is 308 g/mol. The molecule has 2 aromatic rings. The fourth-order valence-electron chi connectivity index (χ4n) is 2.14. The minimum atomic E-state index is -0.451. The number of rotatable bonds is 3. The number of H-pyrrole nitrogens is 1. The van der Waals surface area contributed by atoms with Gasteiger partial charge in [-0.15, -0.1) is 0 Å². The largest absolute Gasteiger partial charge is 0.486 e. The minimum Gasteiger partial charge on any atom is -0.486 e. The number of hydrogen-bond acceptors (Lipinski definition) is 4. The van der Waals surface area contributed by atoms with Crippen molar-refractivity contribution in [1.82, 2.24) is 10.3 Å². The van der Waals surface area contributed by atoms with Crippen LogP contribution in [0.2, 0.25) is 5.02 Å². The zero-order valence-corrected chi connectivity index (χ0v) is 12.3. The molecule has 0 spiro atoms. The van der Waals surface area contributed by atoms with Crippen molar-refractivity contribution in [3.05, 3.63) is 57.0 Å². The van der Waals surface area contributed by atoms with Gasteiger partial charge in [-0.05, 0) is 29.8 Å². The van der Waals surface area contributed by atoms with E-state index in [0.29, 0.717) is 29.7 Å². The second-order valence-corrected chi connectivity index (χ2v) is 5.10. The van der Waals surface area contributed by atoms with Crippen LogP contribution in [0, 0.1) is 0 Å². The number of aromatic amines is 1. The lowest BCUT2D eigenvalue weighted by Crippen LogP contribution is -2.29. The number of amides is 1. The first kappa shape index (κ1) is 14.5. The quantitative estimate of drug-likeness (QED) is 0.902. The maximum Gasteiger partial charge on any atom is 0.260 e. The zero-order valence-electron chi connectivity index (χ0n) is 11.5. The lowest BCUT2D eigenvalue weighted by Gasteiger charge is -2.20. The average molecular weight is 321 g/mol. The van der Waals surface area contributed by atoms with Crippen LogP contribution in [0.25, 0.3) is 0 Å². The molecule has 1 aromatic heterocycles. The summed E-state index contributed by atoms with van der Waals surface area (Å²) in [5.41, 5.74) is 0.390. The van der Waals surface area contributed by atoms with E-state index in [9.17, 15) is 9.59 Å². The molecule has 7 heteroatoms. The van der Waals surface area contributed by atoms with Crippen LogP contribution in [0.3, 0.4) is 0 Å². The van der Waals surface area contributed by atoms with Crippen molar-refractivity contribution in [2.45, 2.75) is 6.54 Å². The number of ether oxygens (including phenoxy) is 2. The Morgan fingerprint density at radius 1 is 1.32 bits per heavy atom. The number of aromatic nitrogens is 1. The molecule has 22 heavy (non-hydrogen) atoms. The number of carbonyl (C=O) groups is 1. The summed E-state index contributed by atoms with van der Waals surface area (Å²) in [7, 11) is 0. The topological polar surface area (TPSA) is 80.4 Å². The first-order valence-electron chi connectivity index (χ1n) is 6.69. The normalized spacial score (nSPS) is 12.8. The lowest BCUT2D eigenvalue weighted by molar-refractivity contribution is 0.0949. The van der Waals surface area contributed by atoms with Crippen molar-refractivity contribution in [2.24, 2.45) is 0 Å². The van der Waals surface area contributed by atoms with Crippen LogP contribution in [-0.4, -0.2) is 24.1 Å². The van der Waals surface area contributed by atoms with Crippen molar-refractivity contribution >= 4 is 17.5 Å². The lowest BCUT2D eigenvalue weighted by atomic mass is 10.2. The van der Waals surface area contributed by atoms with Gasteiger partial charge in [0.1, 0.15) is 18.8 Å². The van der Waals surface area contributed by atoms with Crippen LogP contribution in [0.1, 0.15) is 15.9 Å². The number of nitrogens with one attached hydrogen (secondary N) is 2. The smallest absolute Gasteiger partial charge is 0.260 e. The van der Waals surface area contributed by atoms with E-state index in [1.807, 2.05) is 0 Å². The van der Waals surface area contributed by atoms with Gasteiger partial charge < -0.3 is 19.8 Å². The molecule has 0 atom stereocenters. The molecule has 1 aliphatic heterocycles. The Morgan fingerprint density at radius 3 is 2.95 bits per heavy atom. The first-order valence-corrected chi connectivity index (χ1v) is 7.07. The van der Waals surface area contributed by atoms with E-state index in [-0.39, 0.29) is 12.1 Å². The highest BCUT2D eigenvalue weighted by Crippen LogP contribution is 2.38. The predicted octanol–water partition coefficient (Wildman–Crippen LogP) is 1.73. The standard InChI is InChI=1S/C15H13ClN2O4/c16-11-6-9(7-12-13(11)22-5-4-21-12)8-18-15(20)10-2-1-3-17-14(10)19/h1-3,6-7H,4-5,8H2,(H,17,19)(H,18,20). The van der Waals surface area contributed by atoms with Crippen molar-refractivity contribution in [1.29, 1.82) is 0 Å². The average Bonchev–Trinajstić information content (AvgIpc) is 2.53. The first-order chi connectivity index (χ1) is 10.6. The Bertz CT molecular complexity index is 772. The summed E-state index contributed by atoms with van der Waals surface area (Å²) in [6, 6.07) is 6.52. The summed E-state index contributed by atoms with van der Waals surface area (Å²) in [5.74, 6) is 0.621. The van der Waals surface area contributed by atoms with Crippen LogP contribution in [0.5, 0.6) is 11.5 Å². The van der Waals surface area contributed by atoms with E-state index in [0.717, 1.165) is 5.56 Å². The van der Waals surface area contributed by atoms with Crippen LogP contribution >= 0.6 is 11.6 Å². The number of benzene rings is 1. The Kier molecular flexibility index (Phi) is 4.02. The summed E-state index contributed by atoms with van der Waals surface area (Å²) < 4.78 is 10.9. The van der Waals surface area contributed by atoms with Gasteiger partial charge in [-0.1, -0.05) is 11.6 Å². The van der Waals surface area contributed by atoms with Crippen LogP contribution in [-0.2, 0) is 6.54 Å². The molecule has 0 radical (unpaired) electrons. The van der Waals surface area contributed by atoms with Crippen molar-refractivity contribution < 1.29 is 14.3 Å². The summed E-state index contributed by atoms with van der Waals surface area (Å²) in [6.45, 7) is 1.14. The third-order valence-corrected chi connectivity index (χ3v) is 3.45. The fraction of sp³-hybridized carbons (Fsp3) is 0.200. The molecule has 6 nitrogen and oxygen atoms in total. The molecule has 0 bridgehead atoms. The second kappa shape index (κ2) is 6.11. The van der Waals surface area contributed by atoms with Gasteiger partial charge in [-0.25, -0.2) is 0 Å². The molecule has 1 aromatic carbocycles. The summed E-state index contributed by atoms with van der Waals surface area (Å²) in [6.07, 6.45) is 1.47. The Hall–Kier alpha value is -2.47. The number of hydrogen-bond donors (Lipinski definition) is 2. The SMILES string of the molecule is O=C(NCc1cc(Cl)c2c(c1)OCCO2)c1ccc[nH]c1=O. The van der Waals surface area contributed by atoms with Gasteiger partial charge in [0.05, 0.1) is 5.02 Å². The van der Waals surface area contributed by atoms with Gasteiger partial charge in [0.15, 0.2) is 11.5 Å². The molecule has 0 unspecified atom stereocenters. The van der Waals surface area contributed by atoms with Gasteiger partial charge >= 0.3 is 0 Å². The highest BCUT2D eigenvalue weighted by atomic mass is 35.5. The Morgan fingerprint density at radius 2 is 2.14 bits per heavy atom. The molecule has 1 amide bonds. The molecule has 0 fully saturated rings. The third kappa shape index (κ3) is 2.92. The maximum absolute atomic E-state index is 12.0. The van der Waals surface area contributed by atoms with Crippen LogP contribution in [0.4, 0.5) is 0 Å². The van der Waals surface area contributed by atoms with Crippen LogP contribution in [0.15, 0.2) is 35.3 Å². The number of halogens is 1. The fourth-order valence-corrected chi connectivity index (χ4v) is 2.43. The molecule has 114 valence electrons. The minimum absolute atomic E-state index is 0.0612. The molecule has 2 heterocycles. The van der Waals surface area contributed by atoms with Gasteiger partial charge in [-0.3, -0.25) is 9.59 Å². The number of carbonyl (C=O) groups excluding carboxylic acids is 1. The second-order valence-electron chi connectivity index (χ2n) is 4.70. The van der Waals surface area contributed by atoms with Crippen molar-refractivity contribution in [3.63, 3.8) is 0 Å². The maximum atomic E-state index is 12.0. The number of pyridine rings is 1. The molecule has 0 saturated heterocycles. The zero-order chi connectivity index (χ0) is 15.5. The third-order valence-electron chi connectivity index (χ3n) is 3.17. The molecule has 0 aliphatic carbocycles. The van der Waals surface area contributed by atoms with E-state index in [4.69, 9.17) is 21.1 Å². The van der Waals surface area contributed by atoms with E-state index < -0.39 is 11.5 Å². The highest BCUT2D eigenvalue weighted by molar-refractivity contribution is 6.32. The molecule has 0 saturated carbocycles. The summed E-state index contributed by atoms with van der Waals surface area (Å²) >= 11 is 6.13. The van der Waals surface area contributed by atoms with Gasteiger partial charge in [0.25, 0.3) is 11.5 Å². The Balaban J connectivity index is 1.74. The molecule has 2 N–H and O–H groups in total. The number of fused-ring (bicyclic) bond motifs is 1. The summed E-state index contributed by atoms with van der Waals surface area (Å²) in [5, 5.41) is 3.11. The van der Waals surface area contributed by atoms with Crippen LogP contribution < -0.4 is 20.3 Å². The molecule has 1 aliphatic rings. The summed E-state index contributed by atoms with van der Waals surface area (Å²) in [4.78, 5) is 26.0.